The maximum absolute atomic E-state index is 12.4. The number of aryl methyl sites for hydroxylation is 1. The number of carbonyl (C=O) groups excluding carboxylic acids is 1. The first-order valence-corrected chi connectivity index (χ1v) is 8.27. The van der Waals surface area contributed by atoms with E-state index in [4.69, 9.17) is 4.52 Å². The molecular formula is C17H23N5O2. The molecule has 0 radical (unpaired) electrons. The van der Waals surface area contributed by atoms with Gasteiger partial charge in [-0.25, -0.2) is 9.97 Å². The van der Waals surface area contributed by atoms with Gasteiger partial charge in [0.25, 0.3) is 0 Å². The van der Waals surface area contributed by atoms with E-state index in [2.05, 4.69) is 39.2 Å². The van der Waals surface area contributed by atoms with E-state index in [0.29, 0.717) is 18.3 Å². The van der Waals surface area contributed by atoms with Gasteiger partial charge in [0.1, 0.15) is 5.82 Å². The summed E-state index contributed by atoms with van der Waals surface area (Å²) in [7, 11) is 0. The smallest absolute Gasteiger partial charge is 0.243 e. The third-order valence-electron chi connectivity index (χ3n) is 4.31. The highest BCUT2D eigenvalue weighted by Gasteiger charge is 2.27. The third-order valence-corrected chi connectivity index (χ3v) is 4.31. The van der Waals surface area contributed by atoms with Crippen molar-refractivity contribution in [3.63, 3.8) is 0 Å². The summed E-state index contributed by atoms with van der Waals surface area (Å²) in [5.74, 6) is 1.42. The zero-order valence-electron chi connectivity index (χ0n) is 14.5. The molecule has 2 aromatic heterocycles. The van der Waals surface area contributed by atoms with Crippen molar-refractivity contribution in [2.45, 2.75) is 52.6 Å². The predicted molar refractivity (Wildman–Crippen MR) is 89.6 cm³/mol. The van der Waals surface area contributed by atoms with Gasteiger partial charge < -0.3 is 4.52 Å². The summed E-state index contributed by atoms with van der Waals surface area (Å²) in [6, 6.07) is 1.43. The van der Waals surface area contributed by atoms with Crippen LogP contribution < -0.4 is 5.32 Å². The molecule has 0 spiro atoms. The number of hydrogen-bond acceptors (Lipinski definition) is 6. The maximum atomic E-state index is 12.4. The average molecular weight is 329 g/mol. The van der Waals surface area contributed by atoms with Gasteiger partial charge in [0.15, 0.2) is 0 Å². The summed E-state index contributed by atoms with van der Waals surface area (Å²) in [4.78, 5) is 23.7. The fourth-order valence-electron chi connectivity index (χ4n) is 2.76. The maximum Gasteiger partial charge on any atom is 0.243 e. The molecule has 3 rings (SSSR count). The highest BCUT2D eigenvalue weighted by molar-refractivity contribution is 5.93. The molecule has 0 saturated carbocycles. The molecule has 1 N–H and O–H groups in total. The zero-order valence-corrected chi connectivity index (χ0v) is 14.5. The van der Waals surface area contributed by atoms with Crippen LogP contribution >= 0.6 is 0 Å². The molecule has 7 nitrogen and oxygen atoms in total. The molecule has 2 aromatic rings. The number of nitrogens with zero attached hydrogens (tertiary/aromatic N) is 4. The van der Waals surface area contributed by atoms with Gasteiger partial charge in [0, 0.05) is 31.3 Å². The zero-order chi connectivity index (χ0) is 17.3. The second-order valence-electron chi connectivity index (χ2n) is 6.57. The molecule has 1 aliphatic rings. The van der Waals surface area contributed by atoms with E-state index in [1.165, 1.54) is 5.56 Å². The molecule has 128 valence electrons. The van der Waals surface area contributed by atoms with Gasteiger partial charge in [-0.3, -0.25) is 15.0 Å². The molecule has 0 aliphatic carbocycles. The topological polar surface area (TPSA) is 84.2 Å². The minimum Gasteiger partial charge on any atom is -0.338 e. The van der Waals surface area contributed by atoms with Crippen LogP contribution in [0.5, 0.6) is 0 Å². The van der Waals surface area contributed by atoms with E-state index in [1.54, 1.807) is 6.07 Å². The number of rotatable bonds is 4. The number of hydrogen-bond donors (Lipinski definition) is 1. The Morgan fingerprint density at radius 1 is 1.38 bits per heavy atom. The monoisotopic (exact) mass is 329 g/mol. The van der Waals surface area contributed by atoms with E-state index in [1.807, 2.05) is 20.0 Å². The summed E-state index contributed by atoms with van der Waals surface area (Å²) in [5, 5.41) is 6.55. The largest absolute Gasteiger partial charge is 0.338 e. The molecule has 24 heavy (non-hydrogen) atoms. The van der Waals surface area contributed by atoms with Crippen molar-refractivity contribution in [2.24, 2.45) is 0 Å². The number of amides is 1. The van der Waals surface area contributed by atoms with Gasteiger partial charge in [-0.05, 0) is 25.8 Å². The molecule has 0 aromatic carbocycles. The number of carbonyl (C=O) groups is 1. The van der Waals surface area contributed by atoms with Gasteiger partial charge >= 0.3 is 0 Å². The summed E-state index contributed by atoms with van der Waals surface area (Å²) in [6.45, 7) is 9.34. The van der Waals surface area contributed by atoms with Gasteiger partial charge in [0.2, 0.25) is 11.8 Å². The molecule has 3 heterocycles. The van der Waals surface area contributed by atoms with Crippen LogP contribution in [0.2, 0.25) is 0 Å². The second kappa shape index (κ2) is 6.68. The van der Waals surface area contributed by atoms with Crippen molar-refractivity contribution >= 4 is 11.8 Å². The van der Waals surface area contributed by atoms with Crippen molar-refractivity contribution < 1.29 is 9.32 Å². The molecule has 1 aliphatic heterocycles. The predicted octanol–water partition coefficient (Wildman–Crippen LogP) is 2.28. The number of nitrogens with one attached hydrogen (secondary N) is 1. The van der Waals surface area contributed by atoms with Crippen LogP contribution in [0, 0.1) is 6.92 Å². The van der Waals surface area contributed by atoms with Crippen molar-refractivity contribution in [1.82, 2.24) is 20.0 Å². The third kappa shape index (κ3) is 3.46. The lowest BCUT2D eigenvalue weighted by molar-refractivity contribution is -0.121. The van der Waals surface area contributed by atoms with Crippen molar-refractivity contribution in [1.29, 1.82) is 0 Å². The molecule has 1 amide bonds. The minimum atomic E-state index is -0.277. The summed E-state index contributed by atoms with van der Waals surface area (Å²) < 4.78 is 5.05. The van der Waals surface area contributed by atoms with Crippen LogP contribution in [0.4, 0.5) is 5.88 Å². The Bertz CT molecular complexity index is 740. The van der Waals surface area contributed by atoms with Crippen LogP contribution in [0.1, 0.15) is 49.5 Å². The Hall–Kier alpha value is -2.28. The van der Waals surface area contributed by atoms with Gasteiger partial charge in [-0.15, -0.1) is 0 Å². The van der Waals surface area contributed by atoms with Crippen LogP contribution in [-0.4, -0.2) is 38.5 Å². The lowest BCUT2D eigenvalue weighted by Gasteiger charge is -2.32. The number of aromatic nitrogens is 3. The van der Waals surface area contributed by atoms with Crippen LogP contribution in [0.25, 0.3) is 0 Å². The Labute approximate surface area is 141 Å². The van der Waals surface area contributed by atoms with Crippen molar-refractivity contribution in [3.8, 4) is 0 Å². The first-order chi connectivity index (χ1) is 11.4. The quantitative estimate of drug-likeness (QED) is 0.926. The highest BCUT2D eigenvalue weighted by atomic mass is 16.5. The molecule has 0 bridgehead atoms. The Kier molecular flexibility index (Phi) is 4.62. The minimum absolute atomic E-state index is 0.104. The van der Waals surface area contributed by atoms with Crippen molar-refractivity contribution in [3.05, 3.63) is 35.0 Å². The second-order valence-corrected chi connectivity index (χ2v) is 6.57. The van der Waals surface area contributed by atoms with E-state index < -0.39 is 0 Å². The Balaban J connectivity index is 1.69. The van der Waals surface area contributed by atoms with E-state index >= 15 is 0 Å². The van der Waals surface area contributed by atoms with Crippen LogP contribution in [0.3, 0.4) is 0 Å². The summed E-state index contributed by atoms with van der Waals surface area (Å²) >= 11 is 0. The van der Waals surface area contributed by atoms with Crippen LogP contribution in [-0.2, 0) is 17.8 Å². The summed E-state index contributed by atoms with van der Waals surface area (Å²) in [6.07, 6.45) is 2.78. The number of anilines is 1. The van der Waals surface area contributed by atoms with E-state index in [-0.39, 0.29) is 11.9 Å². The number of fused-ring (bicyclic) bond motifs is 1. The molecule has 7 heteroatoms. The first-order valence-electron chi connectivity index (χ1n) is 8.27. The van der Waals surface area contributed by atoms with Crippen molar-refractivity contribution in [2.75, 3.05) is 11.9 Å². The summed E-state index contributed by atoms with van der Waals surface area (Å²) in [5.41, 5.74) is 2.94. The van der Waals surface area contributed by atoms with E-state index in [0.717, 1.165) is 30.2 Å². The highest BCUT2D eigenvalue weighted by Crippen LogP contribution is 2.21. The standard InChI is InChI=1S/C17H23N5O2/c1-10(2)16-18-8-13-5-6-22(9-14(13)19-16)12(4)17(23)20-15-7-11(3)21-24-15/h7-8,10,12H,5-6,9H2,1-4H3,(H,20,23). The first kappa shape index (κ1) is 16.6. The SMILES string of the molecule is Cc1cc(NC(=O)C(C)N2CCc3cnc(C(C)C)nc3C2)on1. The van der Waals surface area contributed by atoms with Gasteiger partial charge in [-0.1, -0.05) is 19.0 Å². The lowest BCUT2D eigenvalue weighted by Crippen LogP contribution is -2.44. The fourth-order valence-corrected chi connectivity index (χ4v) is 2.76. The van der Waals surface area contributed by atoms with E-state index in [9.17, 15) is 4.79 Å². The molecule has 1 atom stereocenters. The lowest BCUT2D eigenvalue weighted by atomic mass is 10.0. The Morgan fingerprint density at radius 2 is 2.17 bits per heavy atom. The molecular weight excluding hydrogens is 306 g/mol. The molecule has 0 saturated heterocycles. The molecule has 1 unspecified atom stereocenters. The van der Waals surface area contributed by atoms with Gasteiger partial charge in [-0.2, -0.15) is 0 Å². The van der Waals surface area contributed by atoms with Crippen LogP contribution in [0.15, 0.2) is 16.8 Å². The van der Waals surface area contributed by atoms with Gasteiger partial charge in [0.05, 0.1) is 17.4 Å². The normalized spacial score (nSPS) is 16.0. The average Bonchev–Trinajstić information content (AvgIpc) is 2.97. The fraction of sp³-hybridized carbons (Fsp3) is 0.529. The Morgan fingerprint density at radius 3 is 2.83 bits per heavy atom. The molecule has 0 fully saturated rings.